The van der Waals surface area contributed by atoms with Crippen LogP contribution in [0, 0.1) is 0 Å². The molecule has 0 radical (unpaired) electrons. The van der Waals surface area contributed by atoms with Gasteiger partial charge < -0.3 is 14.3 Å². The third-order valence-corrected chi connectivity index (χ3v) is 3.76. The van der Waals surface area contributed by atoms with Crippen molar-refractivity contribution in [2.24, 2.45) is 0 Å². The molecule has 1 heterocycles. The number of carbonyl (C=O) groups is 2. The summed E-state index contributed by atoms with van der Waals surface area (Å²) in [6, 6.07) is 6.71. The van der Waals surface area contributed by atoms with E-state index in [-0.39, 0.29) is 21.9 Å². The topological polar surface area (TPSA) is 76.7 Å². The van der Waals surface area contributed by atoms with Crippen LogP contribution in [-0.2, 0) is 4.79 Å². The second-order valence-electron chi connectivity index (χ2n) is 4.76. The highest BCUT2D eigenvalue weighted by Gasteiger charge is 2.34. The Labute approximate surface area is 130 Å². The van der Waals surface area contributed by atoms with Gasteiger partial charge in [-0.15, -0.1) is 0 Å². The summed E-state index contributed by atoms with van der Waals surface area (Å²) in [5.41, 5.74) is 0.835. The first-order valence-electron chi connectivity index (χ1n) is 6.42. The summed E-state index contributed by atoms with van der Waals surface area (Å²) in [4.78, 5) is 23.8. The second kappa shape index (κ2) is 5.44. The fourth-order valence-electron chi connectivity index (χ4n) is 2.31. The zero-order valence-corrected chi connectivity index (χ0v) is 12.3. The highest BCUT2D eigenvalue weighted by molar-refractivity contribution is 6.63. The van der Waals surface area contributed by atoms with Crippen molar-refractivity contribution in [1.82, 2.24) is 0 Å². The minimum Gasteiger partial charge on any atom is -0.497 e. The van der Waals surface area contributed by atoms with Crippen LogP contribution in [0.15, 0.2) is 40.0 Å². The second-order valence-corrected chi connectivity index (χ2v) is 5.16. The van der Waals surface area contributed by atoms with E-state index in [1.54, 1.807) is 24.3 Å². The Kier molecular flexibility index (Phi) is 3.60. The number of allylic oxidation sites excluding steroid dienone is 1. The van der Waals surface area contributed by atoms with E-state index in [1.807, 2.05) is 0 Å². The van der Waals surface area contributed by atoms with Crippen molar-refractivity contribution < 1.29 is 23.8 Å². The number of hydrogen-bond donors (Lipinski definition) is 1. The molecule has 22 heavy (non-hydrogen) atoms. The SMILES string of the molecule is COc1ccc(C(O)c2coc3c2C(=O)C(=O)C(Cl)=C3)cc1. The van der Waals surface area contributed by atoms with Crippen LogP contribution >= 0.6 is 11.6 Å². The van der Waals surface area contributed by atoms with Gasteiger partial charge in [0.05, 0.1) is 24.0 Å². The number of benzene rings is 1. The maximum Gasteiger partial charge on any atom is 0.245 e. The molecule has 1 aromatic carbocycles. The monoisotopic (exact) mass is 318 g/mol. The summed E-state index contributed by atoms with van der Waals surface area (Å²) in [5.74, 6) is -0.763. The van der Waals surface area contributed by atoms with Crippen molar-refractivity contribution in [2.45, 2.75) is 6.10 Å². The number of ether oxygens (including phenoxy) is 1. The van der Waals surface area contributed by atoms with Gasteiger partial charge in [-0.2, -0.15) is 0 Å². The lowest BCUT2D eigenvalue weighted by atomic mass is 9.93. The lowest BCUT2D eigenvalue weighted by molar-refractivity contribution is -0.111. The Morgan fingerprint density at radius 1 is 1.18 bits per heavy atom. The lowest BCUT2D eigenvalue weighted by Crippen LogP contribution is -2.20. The maximum atomic E-state index is 12.1. The number of ketones is 2. The number of halogens is 1. The minimum absolute atomic E-state index is 0.0534. The van der Waals surface area contributed by atoms with E-state index in [1.165, 1.54) is 19.4 Å². The molecule has 1 aromatic heterocycles. The van der Waals surface area contributed by atoms with Crippen molar-refractivity contribution in [3.8, 4) is 5.75 Å². The number of rotatable bonds is 3. The van der Waals surface area contributed by atoms with Gasteiger partial charge in [-0.1, -0.05) is 23.7 Å². The number of aliphatic hydroxyl groups is 1. The molecule has 0 amide bonds. The van der Waals surface area contributed by atoms with E-state index >= 15 is 0 Å². The molecule has 0 bridgehead atoms. The summed E-state index contributed by atoms with van der Waals surface area (Å²) in [7, 11) is 1.54. The molecule has 3 rings (SSSR count). The van der Waals surface area contributed by atoms with Crippen LogP contribution in [0.5, 0.6) is 5.75 Å². The zero-order chi connectivity index (χ0) is 15.9. The van der Waals surface area contributed by atoms with E-state index in [0.29, 0.717) is 11.3 Å². The van der Waals surface area contributed by atoms with Gasteiger partial charge in [0.25, 0.3) is 0 Å². The van der Waals surface area contributed by atoms with Crippen molar-refractivity contribution in [3.05, 3.63) is 58.0 Å². The molecule has 0 saturated carbocycles. The highest BCUT2D eigenvalue weighted by atomic mass is 35.5. The average Bonchev–Trinajstić information content (AvgIpc) is 2.96. The summed E-state index contributed by atoms with van der Waals surface area (Å²) >= 11 is 5.68. The van der Waals surface area contributed by atoms with Crippen molar-refractivity contribution >= 4 is 29.2 Å². The van der Waals surface area contributed by atoms with E-state index in [9.17, 15) is 14.7 Å². The Morgan fingerprint density at radius 3 is 2.50 bits per heavy atom. The quantitative estimate of drug-likeness (QED) is 0.880. The van der Waals surface area contributed by atoms with E-state index in [2.05, 4.69) is 0 Å². The summed E-state index contributed by atoms with van der Waals surface area (Å²) in [6.45, 7) is 0. The normalized spacial score (nSPS) is 15.3. The van der Waals surface area contributed by atoms with Crippen LogP contribution < -0.4 is 4.74 Å². The van der Waals surface area contributed by atoms with Gasteiger partial charge in [0.2, 0.25) is 11.6 Å². The number of aliphatic hydroxyl groups excluding tert-OH is 1. The predicted molar refractivity (Wildman–Crippen MR) is 78.9 cm³/mol. The van der Waals surface area contributed by atoms with Crippen molar-refractivity contribution in [3.63, 3.8) is 0 Å². The Bertz CT molecular complexity index is 785. The highest BCUT2D eigenvalue weighted by Crippen LogP contribution is 2.34. The van der Waals surface area contributed by atoms with Crippen molar-refractivity contribution in [2.75, 3.05) is 7.11 Å². The van der Waals surface area contributed by atoms with Crippen LogP contribution in [-0.4, -0.2) is 23.8 Å². The zero-order valence-electron chi connectivity index (χ0n) is 11.5. The molecule has 0 spiro atoms. The van der Waals surface area contributed by atoms with Crippen molar-refractivity contribution in [1.29, 1.82) is 0 Å². The lowest BCUT2D eigenvalue weighted by Gasteiger charge is -2.13. The minimum atomic E-state index is -1.10. The summed E-state index contributed by atoms with van der Waals surface area (Å²) < 4.78 is 10.3. The number of fused-ring (bicyclic) bond motifs is 1. The van der Waals surface area contributed by atoms with Gasteiger partial charge in [0.1, 0.15) is 17.6 Å². The molecule has 6 heteroatoms. The molecule has 0 fully saturated rings. The summed E-state index contributed by atoms with van der Waals surface area (Å²) in [6.07, 6.45) is 1.45. The first-order chi connectivity index (χ1) is 10.5. The Hall–Kier alpha value is -2.37. The van der Waals surface area contributed by atoms with Gasteiger partial charge >= 0.3 is 0 Å². The molecule has 1 atom stereocenters. The van der Waals surface area contributed by atoms with Gasteiger partial charge in [-0.05, 0) is 17.7 Å². The van der Waals surface area contributed by atoms with Crippen LogP contribution in [0.2, 0.25) is 0 Å². The van der Waals surface area contributed by atoms with Crippen LogP contribution in [0.4, 0.5) is 0 Å². The Morgan fingerprint density at radius 2 is 1.86 bits per heavy atom. The molecular formula is C16H11ClO5. The first-order valence-corrected chi connectivity index (χ1v) is 6.80. The molecule has 0 aliphatic heterocycles. The fraction of sp³-hybridized carbons (Fsp3) is 0.125. The number of carbonyl (C=O) groups excluding carboxylic acids is 2. The van der Waals surface area contributed by atoms with E-state index in [0.717, 1.165) is 0 Å². The Balaban J connectivity index is 2.03. The largest absolute Gasteiger partial charge is 0.497 e. The first kappa shape index (κ1) is 14.6. The number of Topliss-reactive ketones (excluding diaryl/α,β-unsaturated/α-hetero) is 2. The third kappa shape index (κ3) is 2.24. The van der Waals surface area contributed by atoms with E-state index in [4.69, 9.17) is 20.8 Å². The molecule has 1 N–H and O–H groups in total. The molecule has 1 aliphatic carbocycles. The van der Waals surface area contributed by atoms with Gasteiger partial charge in [0.15, 0.2) is 0 Å². The summed E-state index contributed by atoms with van der Waals surface area (Å²) in [5, 5.41) is 10.3. The molecule has 2 aromatic rings. The smallest absolute Gasteiger partial charge is 0.245 e. The van der Waals surface area contributed by atoms with Gasteiger partial charge in [-0.3, -0.25) is 9.59 Å². The molecule has 1 unspecified atom stereocenters. The third-order valence-electron chi connectivity index (χ3n) is 3.48. The van der Waals surface area contributed by atoms with Gasteiger partial charge in [-0.25, -0.2) is 0 Å². The predicted octanol–water partition coefficient (Wildman–Crippen LogP) is 2.72. The fourth-order valence-corrected chi connectivity index (χ4v) is 2.49. The number of methoxy groups -OCH3 is 1. The molecule has 0 saturated heterocycles. The number of hydrogen-bond acceptors (Lipinski definition) is 5. The van der Waals surface area contributed by atoms with E-state index < -0.39 is 17.7 Å². The standard InChI is InChI=1S/C16H11ClO5/c1-21-9-4-2-8(3-5-9)14(18)10-7-22-12-6-11(17)15(19)16(20)13(10)12/h2-7,14,18H,1H3. The van der Waals surface area contributed by atoms with Crippen LogP contribution in [0.25, 0.3) is 6.08 Å². The molecule has 5 nitrogen and oxygen atoms in total. The maximum absolute atomic E-state index is 12.1. The molecular weight excluding hydrogens is 308 g/mol. The number of furan rings is 1. The van der Waals surface area contributed by atoms with Crippen LogP contribution in [0.1, 0.15) is 33.3 Å². The average molecular weight is 319 g/mol. The van der Waals surface area contributed by atoms with Gasteiger partial charge in [0, 0.05) is 11.6 Å². The molecule has 1 aliphatic rings. The molecule has 112 valence electrons. The van der Waals surface area contributed by atoms with Crippen LogP contribution in [0.3, 0.4) is 0 Å².